The van der Waals surface area contributed by atoms with Crippen LogP contribution in [-0.4, -0.2) is 78.5 Å². The van der Waals surface area contributed by atoms with E-state index in [9.17, 15) is 14.4 Å². The van der Waals surface area contributed by atoms with Crippen LogP contribution in [0.3, 0.4) is 0 Å². The molecule has 310 valence electrons. The van der Waals surface area contributed by atoms with Crippen molar-refractivity contribution in [2.24, 2.45) is 11.8 Å². The van der Waals surface area contributed by atoms with Crippen LogP contribution in [0.4, 0.5) is 4.79 Å². The molecular weight excluding hydrogens is 757 g/mol. The Balaban J connectivity index is 1.02. The van der Waals surface area contributed by atoms with E-state index in [4.69, 9.17) is 19.4 Å². The number of ether oxygens (including phenoxy) is 2. The monoisotopic (exact) mass is 808 g/mol. The van der Waals surface area contributed by atoms with Crippen molar-refractivity contribution in [3.8, 4) is 39.5 Å². The molecule has 3 amide bonds. The van der Waals surface area contributed by atoms with E-state index < -0.39 is 18.4 Å². The molecule has 0 aliphatic carbocycles. The zero-order valence-corrected chi connectivity index (χ0v) is 34.8. The van der Waals surface area contributed by atoms with Crippen molar-refractivity contribution in [3.63, 3.8) is 0 Å². The van der Waals surface area contributed by atoms with Crippen molar-refractivity contribution in [2.75, 3.05) is 20.2 Å². The zero-order valence-electron chi connectivity index (χ0n) is 34.8. The number of likely N-dealkylation sites (tertiary alicyclic amines) is 2. The SMILES string of the molecule is COC(=O)N[C@H](C(=O)N1CCC[C@H]1c1ncc(-c2ccc3c(c2)cc2n3[C@H](c3ccccc3)Oc3cc(-c4cnc([C@@H]5CCCN5C(=O)CC(C)C)[nH]4)ccc3-2)[nH]1)C(C)C. The van der Waals surface area contributed by atoms with Crippen molar-refractivity contribution >= 4 is 28.8 Å². The van der Waals surface area contributed by atoms with Crippen molar-refractivity contribution in [3.05, 3.63) is 102 Å². The van der Waals surface area contributed by atoms with Gasteiger partial charge in [-0.05, 0) is 67.9 Å². The molecule has 0 bridgehead atoms. The number of hydrogen-bond acceptors (Lipinski definition) is 7. The standard InChI is InChI=1S/C47H52N8O5/c1-27(2)21-41(56)53-19-9-13-37(53)43-48-26-35(51-43)31-15-17-33-39-23-32-22-30(16-18-36(32)55(39)46(60-40(33)24-31)29-11-7-6-8-12-29)34-25-49-44(50-34)38-14-10-20-54(38)45(57)42(28(3)4)52-47(58)59-5/h6-8,11-12,15-18,22-28,37-38,42,46H,9-10,13-14,19-21H2,1-5H3,(H,48,51)(H,49,50)(H,52,58)/t37-,38-,42-,46-/m0/s1. The number of fused-ring (bicyclic) bond motifs is 5. The first-order valence-corrected chi connectivity index (χ1v) is 21.1. The highest BCUT2D eigenvalue weighted by Crippen LogP contribution is 2.46. The van der Waals surface area contributed by atoms with Gasteiger partial charge in [0.1, 0.15) is 23.4 Å². The summed E-state index contributed by atoms with van der Waals surface area (Å²) in [6.07, 6.45) is 6.69. The number of nitrogens with one attached hydrogen (secondary N) is 3. The molecule has 3 aliphatic rings. The van der Waals surface area contributed by atoms with Crippen LogP contribution >= 0.6 is 0 Å². The Bertz CT molecular complexity index is 2550. The number of carbonyl (C=O) groups is 3. The van der Waals surface area contributed by atoms with Gasteiger partial charge in [-0.1, -0.05) is 70.2 Å². The predicted molar refractivity (Wildman–Crippen MR) is 229 cm³/mol. The van der Waals surface area contributed by atoms with Crippen molar-refractivity contribution in [1.29, 1.82) is 0 Å². The number of rotatable bonds is 10. The summed E-state index contributed by atoms with van der Waals surface area (Å²) in [6, 6.07) is 24.2. The Morgan fingerprint density at radius 2 is 1.48 bits per heavy atom. The lowest BCUT2D eigenvalue weighted by Gasteiger charge is -2.30. The summed E-state index contributed by atoms with van der Waals surface area (Å²) in [5.41, 5.74) is 7.77. The molecular formula is C47H52N8O5. The van der Waals surface area contributed by atoms with Gasteiger partial charge in [0.25, 0.3) is 0 Å². The summed E-state index contributed by atoms with van der Waals surface area (Å²) in [5.74, 6) is 2.56. The molecule has 2 fully saturated rings. The minimum Gasteiger partial charge on any atom is -0.465 e. The molecule has 3 aromatic carbocycles. The Hall–Kier alpha value is -6.37. The van der Waals surface area contributed by atoms with Crippen molar-refractivity contribution in [2.45, 2.75) is 84.2 Å². The highest BCUT2D eigenvalue weighted by atomic mass is 16.5. The van der Waals surface area contributed by atoms with E-state index in [1.807, 2.05) is 54.2 Å². The predicted octanol–water partition coefficient (Wildman–Crippen LogP) is 8.78. The molecule has 13 heteroatoms. The molecule has 0 unspecified atom stereocenters. The van der Waals surface area contributed by atoms with E-state index in [0.29, 0.717) is 18.9 Å². The quantitative estimate of drug-likeness (QED) is 0.125. The first kappa shape index (κ1) is 39.1. The average molecular weight is 809 g/mol. The number of benzene rings is 3. The molecule has 4 atom stereocenters. The molecule has 13 nitrogen and oxygen atoms in total. The van der Waals surface area contributed by atoms with Crippen LogP contribution in [0.15, 0.2) is 85.2 Å². The fourth-order valence-electron chi connectivity index (χ4n) is 9.18. The maximum absolute atomic E-state index is 13.7. The number of carbonyl (C=O) groups excluding carboxylic acids is 3. The third kappa shape index (κ3) is 7.19. The normalized spacial score (nSPS) is 19.1. The van der Waals surface area contributed by atoms with Gasteiger partial charge in [-0.15, -0.1) is 0 Å². The fraction of sp³-hybridized carbons (Fsp3) is 0.383. The zero-order chi connectivity index (χ0) is 41.7. The Morgan fingerprint density at radius 1 is 0.833 bits per heavy atom. The van der Waals surface area contributed by atoms with Gasteiger partial charge < -0.3 is 39.1 Å². The molecule has 60 heavy (non-hydrogen) atoms. The molecule has 3 aromatic heterocycles. The molecule has 2 saturated heterocycles. The first-order chi connectivity index (χ1) is 29.1. The smallest absolute Gasteiger partial charge is 0.407 e. The summed E-state index contributed by atoms with van der Waals surface area (Å²) >= 11 is 0. The number of aromatic nitrogens is 5. The summed E-state index contributed by atoms with van der Waals surface area (Å²) in [7, 11) is 1.30. The second-order valence-electron chi connectivity index (χ2n) is 17.0. The maximum Gasteiger partial charge on any atom is 0.407 e. The van der Waals surface area contributed by atoms with Gasteiger partial charge in [0, 0.05) is 47.2 Å². The van der Waals surface area contributed by atoms with E-state index in [1.165, 1.54) is 7.11 Å². The van der Waals surface area contributed by atoms with Gasteiger partial charge in [-0.2, -0.15) is 0 Å². The molecule has 6 heterocycles. The van der Waals surface area contributed by atoms with Gasteiger partial charge in [0.2, 0.25) is 18.0 Å². The molecule has 0 radical (unpaired) electrons. The highest BCUT2D eigenvalue weighted by molar-refractivity contribution is 5.92. The second-order valence-corrected chi connectivity index (χ2v) is 17.0. The molecule has 6 aromatic rings. The van der Waals surface area contributed by atoms with Gasteiger partial charge in [-0.3, -0.25) is 9.59 Å². The lowest BCUT2D eigenvalue weighted by molar-refractivity contribution is -0.135. The van der Waals surface area contributed by atoms with E-state index in [2.05, 4.69) is 88.3 Å². The highest BCUT2D eigenvalue weighted by Gasteiger charge is 2.38. The number of methoxy groups -OCH3 is 1. The van der Waals surface area contributed by atoms with E-state index >= 15 is 0 Å². The lowest BCUT2D eigenvalue weighted by Crippen LogP contribution is -2.51. The topological polar surface area (TPSA) is 150 Å². The summed E-state index contributed by atoms with van der Waals surface area (Å²) in [5, 5.41) is 3.78. The van der Waals surface area contributed by atoms with Gasteiger partial charge in [0.05, 0.1) is 54.2 Å². The van der Waals surface area contributed by atoms with Gasteiger partial charge in [-0.25, -0.2) is 14.8 Å². The summed E-state index contributed by atoms with van der Waals surface area (Å²) in [4.78, 5) is 59.4. The Kier molecular flexibility index (Phi) is 10.4. The van der Waals surface area contributed by atoms with Crippen molar-refractivity contribution < 1.29 is 23.9 Å². The summed E-state index contributed by atoms with van der Waals surface area (Å²) in [6.45, 7) is 9.33. The number of imidazole rings is 2. The lowest BCUT2D eigenvalue weighted by atomic mass is 10.0. The number of nitrogens with zero attached hydrogens (tertiary/aromatic N) is 5. The average Bonchev–Trinajstić information content (AvgIpc) is 4.10. The van der Waals surface area contributed by atoms with Crippen LogP contribution in [-0.2, 0) is 14.3 Å². The molecule has 0 saturated carbocycles. The van der Waals surface area contributed by atoms with Crippen LogP contribution in [0.2, 0.25) is 0 Å². The van der Waals surface area contributed by atoms with Crippen molar-refractivity contribution in [1.82, 2.24) is 39.6 Å². The van der Waals surface area contributed by atoms with Crippen LogP contribution < -0.4 is 10.1 Å². The number of hydrogen-bond donors (Lipinski definition) is 3. The maximum atomic E-state index is 13.7. The second kappa shape index (κ2) is 16.0. The Morgan fingerprint density at radius 3 is 2.15 bits per heavy atom. The van der Waals surface area contributed by atoms with Gasteiger partial charge in [0.15, 0.2) is 0 Å². The van der Waals surface area contributed by atoms with Crippen LogP contribution in [0.25, 0.3) is 44.7 Å². The van der Waals surface area contributed by atoms with E-state index in [0.717, 1.165) is 99.9 Å². The minimum absolute atomic E-state index is 0.0452. The molecule has 3 aliphatic heterocycles. The van der Waals surface area contributed by atoms with Gasteiger partial charge >= 0.3 is 6.09 Å². The molecule has 0 spiro atoms. The van der Waals surface area contributed by atoms with Crippen LogP contribution in [0.5, 0.6) is 5.75 Å². The third-order valence-electron chi connectivity index (χ3n) is 12.2. The third-order valence-corrected chi connectivity index (χ3v) is 12.2. The Labute approximate surface area is 349 Å². The minimum atomic E-state index is -0.699. The summed E-state index contributed by atoms with van der Waals surface area (Å²) < 4.78 is 14.0. The van der Waals surface area contributed by atoms with Crippen LogP contribution in [0, 0.1) is 11.8 Å². The number of H-pyrrole nitrogens is 2. The number of amides is 3. The van der Waals surface area contributed by atoms with Crippen LogP contribution in [0.1, 0.15) is 95.3 Å². The molecule has 9 rings (SSSR count). The number of aromatic amines is 2. The first-order valence-electron chi connectivity index (χ1n) is 21.1. The van der Waals surface area contributed by atoms with E-state index in [1.54, 1.807) is 0 Å². The number of alkyl carbamates (subject to hydrolysis) is 1. The van der Waals surface area contributed by atoms with E-state index in [-0.39, 0.29) is 29.8 Å². The fourth-order valence-corrected chi connectivity index (χ4v) is 9.18. The molecule has 3 N–H and O–H groups in total. The largest absolute Gasteiger partial charge is 0.465 e.